The van der Waals surface area contributed by atoms with Gasteiger partial charge in [-0.3, -0.25) is 0 Å². The Kier molecular flexibility index (Phi) is 4.29. The van der Waals surface area contributed by atoms with Gasteiger partial charge in [0, 0.05) is 31.0 Å². The van der Waals surface area contributed by atoms with Gasteiger partial charge in [-0.2, -0.15) is 0 Å². The number of sulfonamides is 1. The van der Waals surface area contributed by atoms with Gasteiger partial charge in [0.1, 0.15) is 0 Å². The van der Waals surface area contributed by atoms with Crippen LogP contribution < -0.4 is 4.72 Å². The molecule has 0 spiro atoms. The van der Waals surface area contributed by atoms with E-state index < -0.39 is 10.0 Å². The molecular weight excluding hydrogens is 266 g/mol. The van der Waals surface area contributed by atoms with Crippen molar-refractivity contribution in [2.24, 2.45) is 0 Å². The molecule has 1 saturated carbocycles. The molecule has 1 aliphatic rings. The summed E-state index contributed by atoms with van der Waals surface area (Å²) >= 11 is 0. The predicted molar refractivity (Wildman–Crippen MR) is 72.4 cm³/mol. The first-order valence-corrected chi connectivity index (χ1v) is 7.88. The number of rotatable bonds is 7. The molecule has 0 saturated heterocycles. The maximum atomic E-state index is 12.1. The highest BCUT2D eigenvalue weighted by atomic mass is 32.2. The molecule has 1 heterocycles. The Morgan fingerprint density at radius 1 is 1.47 bits per heavy atom. The van der Waals surface area contributed by atoms with E-state index in [0.29, 0.717) is 24.8 Å². The summed E-state index contributed by atoms with van der Waals surface area (Å²) in [7, 11) is 0.299. The van der Waals surface area contributed by atoms with E-state index in [1.165, 1.54) is 0 Å². The standard InChI is InChI=1S/C12H21N3O3S/c1-14(2)6-5-13-19(17,18)12-7-11(9-16)15(8-12)10-3-4-10/h7-8,10,13,16H,3-6,9H2,1-2H3. The number of hydrogen-bond donors (Lipinski definition) is 2. The van der Waals surface area contributed by atoms with Crippen molar-refractivity contribution in [3.8, 4) is 0 Å². The second kappa shape index (κ2) is 5.62. The largest absolute Gasteiger partial charge is 0.390 e. The molecular formula is C12H21N3O3S. The highest BCUT2D eigenvalue weighted by molar-refractivity contribution is 7.89. The maximum absolute atomic E-state index is 12.1. The van der Waals surface area contributed by atoms with Crippen LogP contribution in [-0.2, 0) is 16.6 Å². The van der Waals surface area contributed by atoms with Crippen molar-refractivity contribution in [3.05, 3.63) is 18.0 Å². The normalized spacial score (nSPS) is 16.2. The smallest absolute Gasteiger partial charge is 0.242 e. The van der Waals surface area contributed by atoms with E-state index in [1.54, 1.807) is 12.3 Å². The first kappa shape index (κ1) is 14.5. The molecule has 0 radical (unpaired) electrons. The van der Waals surface area contributed by atoms with Crippen molar-refractivity contribution >= 4 is 10.0 Å². The van der Waals surface area contributed by atoms with Gasteiger partial charge in [0.15, 0.2) is 0 Å². The highest BCUT2D eigenvalue weighted by Gasteiger charge is 2.27. The summed E-state index contributed by atoms with van der Waals surface area (Å²) in [5.74, 6) is 0. The van der Waals surface area contributed by atoms with Crippen LogP contribution in [0.5, 0.6) is 0 Å². The van der Waals surface area contributed by atoms with Crippen molar-refractivity contribution in [1.29, 1.82) is 0 Å². The molecule has 0 aliphatic heterocycles. The number of likely N-dealkylation sites (N-methyl/N-ethyl adjacent to an activating group) is 1. The number of hydrogen-bond acceptors (Lipinski definition) is 4. The predicted octanol–water partition coefficient (Wildman–Crippen LogP) is 0.155. The molecule has 1 aromatic rings. The van der Waals surface area contributed by atoms with Gasteiger partial charge >= 0.3 is 0 Å². The molecule has 1 aromatic heterocycles. The molecule has 0 atom stereocenters. The zero-order valence-electron chi connectivity index (χ0n) is 11.3. The molecule has 0 bridgehead atoms. The average Bonchev–Trinajstić information content (AvgIpc) is 3.07. The molecule has 1 aliphatic carbocycles. The van der Waals surface area contributed by atoms with E-state index in [9.17, 15) is 13.5 Å². The van der Waals surface area contributed by atoms with Gasteiger partial charge in [-0.1, -0.05) is 0 Å². The fourth-order valence-electron chi connectivity index (χ4n) is 1.95. The molecule has 2 N–H and O–H groups in total. The lowest BCUT2D eigenvalue weighted by molar-refractivity contribution is 0.270. The topological polar surface area (TPSA) is 74.6 Å². The van der Waals surface area contributed by atoms with Gasteiger partial charge in [0.2, 0.25) is 10.0 Å². The molecule has 0 aromatic carbocycles. The second-order valence-corrected chi connectivity index (χ2v) is 6.93. The van der Waals surface area contributed by atoms with Crippen LogP contribution in [0, 0.1) is 0 Å². The molecule has 108 valence electrons. The van der Waals surface area contributed by atoms with Gasteiger partial charge in [-0.15, -0.1) is 0 Å². The molecule has 19 heavy (non-hydrogen) atoms. The van der Waals surface area contributed by atoms with Crippen LogP contribution in [0.2, 0.25) is 0 Å². The number of aromatic nitrogens is 1. The Hall–Kier alpha value is -0.890. The summed E-state index contributed by atoms with van der Waals surface area (Å²) in [4.78, 5) is 2.15. The number of nitrogens with one attached hydrogen (secondary N) is 1. The minimum absolute atomic E-state index is 0.135. The van der Waals surface area contributed by atoms with Gasteiger partial charge in [-0.05, 0) is 33.0 Å². The summed E-state index contributed by atoms with van der Waals surface area (Å²) in [6, 6.07) is 1.91. The van der Waals surface area contributed by atoms with Crippen molar-refractivity contribution in [2.75, 3.05) is 27.2 Å². The maximum Gasteiger partial charge on any atom is 0.242 e. The van der Waals surface area contributed by atoms with Gasteiger partial charge in [0.05, 0.1) is 11.5 Å². The third-order valence-corrected chi connectivity index (χ3v) is 4.60. The van der Waals surface area contributed by atoms with Gasteiger partial charge in [-0.25, -0.2) is 13.1 Å². The Morgan fingerprint density at radius 2 is 2.16 bits per heavy atom. The number of aliphatic hydroxyl groups excluding tert-OH is 1. The first-order valence-electron chi connectivity index (χ1n) is 6.40. The Balaban J connectivity index is 2.11. The highest BCUT2D eigenvalue weighted by Crippen LogP contribution is 2.37. The summed E-state index contributed by atoms with van der Waals surface area (Å²) < 4.78 is 28.7. The number of aliphatic hydroxyl groups is 1. The average molecular weight is 287 g/mol. The van der Waals surface area contributed by atoms with E-state index in [4.69, 9.17) is 0 Å². The molecule has 0 amide bonds. The second-order valence-electron chi connectivity index (χ2n) is 5.16. The van der Waals surface area contributed by atoms with Crippen LogP contribution >= 0.6 is 0 Å². The summed E-state index contributed by atoms with van der Waals surface area (Å²) in [5, 5.41) is 9.28. The Labute approximate surface area is 114 Å². The van der Waals surface area contributed by atoms with E-state index in [0.717, 1.165) is 12.8 Å². The quantitative estimate of drug-likeness (QED) is 0.749. The summed E-state index contributed by atoms with van der Waals surface area (Å²) in [6.45, 7) is 0.886. The van der Waals surface area contributed by atoms with Crippen LogP contribution in [0.3, 0.4) is 0 Å². The lowest BCUT2D eigenvalue weighted by Gasteiger charge is -2.10. The molecule has 2 rings (SSSR count). The van der Waals surface area contributed by atoms with Crippen molar-refractivity contribution in [3.63, 3.8) is 0 Å². The first-order chi connectivity index (χ1) is 8.94. The van der Waals surface area contributed by atoms with Crippen molar-refractivity contribution in [1.82, 2.24) is 14.2 Å². The lowest BCUT2D eigenvalue weighted by Crippen LogP contribution is -2.31. The summed E-state index contributed by atoms with van der Waals surface area (Å²) in [5.41, 5.74) is 0.662. The Bertz CT molecular complexity index is 532. The zero-order chi connectivity index (χ0) is 14.0. The van der Waals surface area contributed by atoms with Crippen LogP contribution in [-0.4, -0.2) is 50.2 Å². The van der Waals surface area contributed by atoms with E-state index >= 15 is 0 Å². The lowest BCUT2D eigenvalue weighted by atomic mass is 10.4. The van der Waals surface area contributed by atoms with E-state index in [1.807, 2.05) is 23.6 Å². The minimum Gasteiger partial charge on any atom is -0.390 e. The minimum atomic E-state index is -3.48. The van der Waals surface area contributed by atoms with Gasteiger partial charge < -0.3 is 14.6 Å². The van der Waals surface area contributed by atoms with Crippen LogP contribution in [0.25, 0.3) is 0 Å². The monoisotopic (exact) mass is 287 g/mol. The van der Waals surface area contributed by atoms with Crippen molar-refractivity contribution < 1.29 is 13.5 Å². The van der Waals surface area contributed by atoms with Crippen LogP contribution in [0.4, 0.5) is 0 Å². The Morgan fingerprint density at radius 3 is 2.68 bits per heavy atom. The number of nitrogens with zero attached hydrogens (tertiary/aromatic N) is 2. The fourth-order valence-corrected chi connectivity index (χ4v) is 3.02. The third-order valence-electron chi connectivity index (χ3n) is 3.17. The molecule has 0 unspecified atom stereocenters. The van der Waals surface area contributed by atoms with Crippen LogP contribution in [0.1, 0.15) is 24.6 Å². The molecule has 6 nitrogen and oxygen atoms in total. The van der Waals surface area contributed by atoms with E-state index in [2.05, 4.69) is 4.72 Å². The van der Waals surface area contributed by atoms with E-state index in [-0.39, 0.29) is 11.5 Å². The zero-order valence-corrected chi connectivity index (χ0v) is 12.2. The van der Waals surface area contributed by atoms with Crippen molar-refractivity contribution in [2.45, 2.75) is 30.4 Å². The van der Waals surface area contributed by atoms with Gasteiger partial charge in [0.25, 0.3) is 0 Å². The SMILES string of the molecule is CN(C)CCNS(=O)(=O)c1cc(CO)n(C2CC2)c1. The van der Waals surface area contributed by atoms with Crippen LogP contribution in [0.15, 0.2) is 17.2 Å². The third kappa shape index (κ3) is 3.56. The molecule has 1 fully saturated rings. The fraction of sp³-hybridized carbons (Fsp3) is 0.667. The summed E-state index contributed by atoms with van der Waals surface area (Å²) in [6.07, 6.45) is 3.73. The molecule has 7 heteroatoms.